The Morgan fingerprint density at radius 3 is 2.72 bits per heavy atom. The Hall–Kier alpha value is -2.11. The molecule has 0 aromatic rings. The van der Waals surface area contributed by atoms with Crippen molar-refractivity contribution in [1.82, 2.24) is 0 Å². The van der Waals surface area contributed by atoms with Gasteiger partial charge in [-0.25, -0.2) is 4.79 Å². The van der Waals surface area contributed by atoms with Crippen LogP contribution in [0.5, 0.6) is 0 Å². The first kappa shape index (κ1) is 14.0. The monoisotopic (exact) mass is 254 g/mol. The van der Waals surface area contributed by atoms with Gasteiger partial charge >= 0.3 is 12.1 Å². The van der Waals surface area contributed by atoms with E-state index >= 15 is 0 Å². The van der Waals surface area contributed by atoms with Gasteiger partial charge in [0.25, 0.3) is 0 Å². The summed E-state index contributed by atoms with van der Waals surface area (Å²) in [5, 5.41) is 8.51. The Kier molecular flexibility index (Phi) is 5.63. The molecule has 6 heteroatoms. The molecule has 1 fully saturated rings. The van der Waals surface area contributed by atoms with E-state index in [0.29, 0.717) is 19.1 Å². The van der Waals surface area contributed by atoms with Crippen LogP contribution in [0.25, 0.3) is 0 Å². The molecular formula is C12H14O6. The summed E-state index contributed by atoms with van der Waals surface area (Å²) < 4.78 is 9.81. The van der Waals surface area contributed by atoms with Crippen molar-refractivity contribution in [3.05, 3.63) is 24.3 Å². The van der Waals surface area contributed by atoms with Crippen LogP contribution in [0.15, 0.2) is 24.3 Å². The third kappa shape index (κ3) is 4.82. The number of carbonyl (C=O) groups excluding carboxylic acids is 2. The zero-order valence-corrected chi connectivity index (χ0v) is 9.65. The van der Waals surface area contributed by atoms with Crippen LogP contribution >= 0.6 is 0 Å². The number of rotatable bonds is 7. The van der Waals surface area contributed by atoms with Crippen molar-refractivity contribution >= 4 is 18.4 Å². The van der Waals surface area contributed by atoms with E-state index in [1.807, 2.05) is 0 Å². The Balaban J connectivity index is 2.45. The van der Waals surface area contributed by atoms with Crippen LogP contribution in [0, 0.1) is 0 Å². The predicted octanol–water partition coefficient (Wildman–Crippen LogP) is 1.46. The molecule has 0 aromatic carbocycles. The van der Waals surface area contributed by atoms with Gasteiger partial charge in [0.15, 0.2) is 6.10 Å². The standard InChI is InChI=1S/C12H14O6/c13-8-3-1-2-5-9-10(18-12(16)17-9)6-4-7-11(14)15/h1-3,5,8-10H,4,6-7H2,(H,14,15)/b3-1+,5-2+/t9-,10+/m1/s1. The number of aldehydes is 1. The van der Waals surface area contributed by atoms with E-state index in [2.05, 4.69) is 0 Å². The molecule has 1 saturated heterocycles. The lowest BCUT2D eigenvalue weighted by Gasteiger charge is -2.10. The molecule has 1 aliphatic rings. The number of carbonyl (C=O) groups is 3. The summed E-state index contributed by atoms with van der Waals surface area (Å²) in [6.07, 6.45) is 5.68. The molecule has 1 rings (SSSR count). The molecule has 1 N–H and O–H groups in total. The molecule has 0 bridgehead atoms. The van der Waals surface area contributed by atoms with Gasteiger partial charge in [0.2, 0.25) is 0 Å². The van der Waals surface area contributed by atoms with E-state index < -0.39 is 24.3 Å². The molecule has 0 aromatic heterocycles. The molecule has 0 radical (unpaired) electrons. The summed E-state index contributed by atoms with van der Waals surface area (Å²) in [4.78, 5) is 31.4. The van der Waals surface area contributed by atoms with Crippen molar-refractivity contribution in [2.24, 2.45) is 0 Å². The highest BCUT2D eigenvalue weighted by atomic mass is 16.8. The van der Waals surface area contributed by atoms with Crippen LogP contribution in [-0.4, -0.2) is 35.7 Å². The highest BCUT2D eigenvalue weighted by molar-refractivity contribution is 5.66. The van der Waals surface area contributed by atoms with E-state index in [9.17, 15) is 14.4 Å². The fourth-order valence-corrected chi connectivity index (χ4v) is 1.53. The van der Waals surface area contributed by atoms with E-state index in [4.69, 9.17) is 14.6 Å². The van der Waals surface area contributed by atoms with Crippen LogP contribution in [0.4, 0.5) is 4.79 Å². The lowest BCUT2D eigenvalue weighted by Crippen LogP contribution is -2.20. The summed E-state index contributed by atoms with van der Waals surface area (Å²) in [5.74, 6) is -0.888. The molecule has 0 aliphatic carbocycles. The molecule has 98 valence electrons. The van der Waals surface area contributed by atoms with Gasteiger partial charge in [0.05, 0.1) is 0 Å². The van der Waals surface area contributed by atoms with Crippen LogP contribution in [-0.2, 0) is 19.1 Å². The zero-order chi connectivity index (χ0) is 13.4. The summed E-state index contributed by atoms with van der Waals surface area (Å²) >= 11 is 0. The number of allylic oxidation sites excluding steroid dienone is 3. The fraction of sp³-hybridized carbons (Fsp3) is 0.417. The largest absolute Gasteiger partial charge is 0.509 e. The van der Waals surface area contributed by atoms with E-state index in [1.54, 1.807) is 12.2 Å². The van der Waals surface area contributed by atoms with Crippen molar-refractivity contribution in [2.45, 2.75) is 31.5 Å². The van der Waals surface area contributed by atoms with Gasteiger partial charge in [-0.1, -0.05) is 12.2 Å². The summed E-state index contributed by atoms with van der Waals surface area (Å²) in [7, 11) is 0. The zero-order valence-electron chi connectivity index (χ0n) is 9.65. The molecule has 6 nitrogen and oxygen atoms in total. The molecular weight excluding hydrogens is 240 g/mol. The second-order valence-electron chi connectivity index (χ2n) is 3.68. The number of carboxylic acid groups (broad SMARTS) is 1. The van der Waals surface area contributed by atoms with Crippen molar-refractivity contribution in [1.29, 1.82) is 0 Å². The van der Waals surface area contributed by atoms with Crippen molar-refractivity contribution in [2.75, 3.05) is 0 Å². The van der Waals surface area contributed by atoms with Crippen molar-refractivity contribution in [3.63, 3.8) is 0 Å². The third-order valence-electron chi connectivity index (χ3n) is 2.33. The third-order valence-corrected chi connectivity index (χ3v) is 2.33. The molecule has 0 spiro atoms. The van der Waals surface area contributed by atoms with Gasteiger partial charge in [-0.3, -0.25) is 9.59 Å². The van der Waals surface area contributed by atoms with Gasteiger partial charge in [-0.15, -0.1) is 0 Å². The van der Waals surface area contributed by atoms with Crippen LogP contribution in [0.1, 0.15) is 19.3 Å². The Morgan fingerprint density at radius 1 is 1.28 bits per heavy atom. The highest BCUT2D eigenvalue weighted by Crippen LogP contribution is 2.21. The average molecular weight is 254 g/mol. The normalized spacial score (nSPS) is 23.2. The molecule has 0 saturated carbocycles. The van der Waals surface area contributed by atoms with Gasteiger partial charge in [-0.2, -0.15) is 0 Å². The molecule has 2 atom stereocenters. The summed E-state index contributed by atoms with van der Waals surface area (Å²) in [5.41, 5.74) is 0. The quantitative estimate of drug-likeness (QED) is 0.320. The first-order valence-electron chi connectivity index (χ1n) is 5.51. The second kappa shape index (κ2) is 7.26. The van der Waals surface area contributed by atoms with E-state index in [-0.39, 0.29) is 6.42 Å². The fourth-order valence-electron chi connectivity index (χ4n) is 1.53. The van der Waals surface area contributed by atoms with E-state index in [0.717, 1.165) is 0 Å². The smallest absolute Gasteiger partial charge is 0.481 e. The summed E-state index contributed by atoms with van der Waals surface area (Å²) in [6, 6.07) is 0. The van der Waals surface area contributed by atoms with Crippen molar-refractivity contribution < 1.29 is 29.0 Å². The topological polar surface area (TPSA) is 89.9 Å². The maximum absolute atomic E-state index is 11.0. The first-order valence-corrected chi connectivity index (χ1v) is 5.51. The minimum absolute atomic E-state index is 0.0233. The number of cyclic esters (lactones) is 2. The van der Waals surface area contributed by atoms with Crippen LogP contribution < -0.4 is 0 Å². The number of hydrogen-bond acceptors (Lipinski definition) is 5. The molecule has 1 heterocycles. The van der Waals surface area contributed by atoms with Gasteiger partial charge < -0.3 is 14.6 Å². The Bertz CT molecular complexity index is 371. The SMILES string of the molecule is O=C/C=C/C=C/[C@H]1OC(=O)O[C@H]1CCCC(=O)O. The molecule has 0 amide bonds. The Labute approximate surface area is 104 Å². The lowest BCUT2D eigenvalue weighted by molar-refractivity contribution is -0.137. The summed E-state index contributed by atoms with van der Waals surface area (Å²) in [6.45, 7) is 0. The first-order chi connectivity index (χ1) is 8.63. The van der Waals surface area contributed by atoms with E-state index in [1.165, 1.54) is 12.2 Å². The maximum atomic E-state index is 11.0. The molecule has 18 heavy (non-hydrogen) atoms. The molecule has 0 unspecified atom stereocenters. The highest BCUT2D eigenvalue weighted by Gasteiger charge is 2.34. The van der Waals surface area contributed by atoms with Gasteiger partial charge in [0.1, 0.15) is 12.4 Å². The second-order valence-corrected chi connectivity index (χ2v) is 3.68. The Morgan fingerprint density at radius 2 is 2.06 bits per heavy atom. The van der Waals surface area contributed by atoms with Gasteiger partial charge in [-0.05, 0) is 25.0 Å². The minimum Gasteiger partial charge on any atom is -0.481 e. The van der Waals surface area contributed by atoms with Crippen LogP contribution in [0.3, 0.4) is 0 Å². The number of aliphatic carboxylic acids is 1. The number of carboxylic acids is 1. The predicted molar refractivity (Wildman–Crippen MR) is 61.0 cm³/mol. The number of ether oxygens (including phenoxy) is 2. The minimum atomic E-state index is -0.888. The lowest BCUT2D eigenvalue weighted by atomic mass is 10.1. The van der Waals surface area contributed by atoms with Crippen LogP contribution in [0.2, 0.25) is 0 Å². The molecule has 1 aliphatic heterocycles. The maximum Gasteiger partial charge on any atom is 0.509 e. The van der Waals surface area contributed by atoms with Crippen molar-refractivity contribution in [3.8, 4) is 0 Å². The van der Waals surface area contributed by atoms with Gasteiger partial charge in [0, 0.05) is 6.42 Å². The number of hydrogen-bond donors (Lipinski definition) is 1. The average Bonchev–Trinajstić information content (AvgIpc) is 2.65.